The standard InChI is InChI=1S/C14H18F2N2/c1-9(14-12(15)3-2-4-13(14)16)18-7-10-5-17-6-11(10)8-18/h2-4,9-11,17H,5-8H2,1H3/t9?,10-,11+. The summed E-state index contributed by atoms with van der Waals surface area (Å²) in [5.41, 5.74) is 0.213. The smallest absolute Gasteiger partial charge is 0.130 e. The minimum atomic E-state index is -0.433. The number of nitrogens with one attached hydrogen (secondary N) is 1. The highest BCUT2D eigenvalue weighted by molar-refractivity contribution is 5.23. The molecule has 0 aliphatic carbocycles. The predicted molar refractivity (Wildman–Crippen MR) is 66.2 cm³/mol. The van der Waals surface area contributed by atoms with E-state index in [0.29, 0.717) is 11.8 Å². The number of rotatable bonds is 2. The molecule has 3 rings (SSSR count). The highest BCUT2D eigenvalue weighted by Gasteiger charge is 2.38. The first-order valence-corrected chi connectivity index (χ1v) is 6.55. The minimum absolute atomic E-state index is 0.184. The summed E-state index contributed by atoms with van der Waals surface area (Å²) in [7, 11) is 0. The van der Waals surface area contributed by atoms with Crippen molar-refractivity contribution in [3.8, 4) is 0 Å². The van der Waals surface area contributed by atoms with Crippen LogP contribution in [0.15, 0.2) is 18.2 Å². The van der Waals surface area contributed by atoms with Crippen LogP contribution in [0.4, 0.5) is 8.78 Å². The molecule has 4 heteroatoms. The van der Waals surface area contributed by atoms with Crippen molar-refractivity contribution in [3.05, 3.63) is 35.4 Å². The maximum Gasteiger partial charge on any atom is 0.130 e. The summed E-state index contributed by atoms with van der Waals surface area (Å²) < 4.78 is 27.5. The molecule has 2 nitrogen and oxygen atoms in total. The molecule has 2 heterocycles. The number of likely N-dealkylation sites (tertiary alicyclic amines) is 1. The summed E-state index contributed by atoms with van der Waals surface area (Å²) >= 11 is 0. The molecule has 1 unspecified atom stereocenters. The number of halogens is 2. The lowest BCUT2D eigenvalue weighted by atomic mass is 10.0. The van der Waals surface area contributed by atoms with Crippen molar-refractivity contribution in [3.63, 3.8) is 0 Å². The zero-order valence-corrected chi connectivity index (χ0v) is 10.5. The van der Waals surface area contributed by atoms with Gasteiger partial charge in [0, 0.05) is 24.7 Å². The second kappa shape index (κ2) is 4.59. The van der Waals surface area contributed by atoms with Crippen LogP contribution in [0, 0.1) is 23.5 Å². The molecule has 2 aliphatic heterocycles. The van der Waals surface area contributed by atoms with Crippen LogP contribution in [0.1, 0.15) is 18.5 Å². The fourth-order valence-corrected chi connectivity index (χ4v) is 3.30. The molecule has 0 radical (unpaired) electrons. The van der Waals surface area contributed by atoms with Gasteiger partial charge in [-0.2, -0.15) is 0 Å². The van der Waals surface area contributed by atoms with Gasteiger partial charge in [0.2, 0.25) is 0 Å². The third-order valence-electron chi connectivity index (χ3n) is 4.38. The molecule has 2 aliphatic rings. The van der Waals surface area contributed by atoms with Gasteiger partial charge in [0.1, 0.15) is 11.6 Å². The number of nitrogens with zero attached hydrogens (tertiary/aromatic N) is 1. The summed E-state index contributed by atoms with van der Waals surface area (Å²) in [6.07, 6.45) is 0. The zero-order valence-electron chi connectivity index (χ0n) is 10.5. The molecular formula is C14H18F2N2. The van der Waals surface area contributed by atoms with E-state index in [2.05, 4.69) is 10.2 Å². The van der Waals surface area contributed by atoms with Gasteiger partial charge in [0.05, 0.1) is 0 Å². The average Bonchev–Trinajstić information content (AvgIpc) is 2.88. The molecular weight excluding hydrogens is 234 g/mol. The third-order valence-corrected chi connectivity index (χ3v) is 4.38. The molecule has 1 aromatic rings. The first-order valence-electron chi connectivity index (χ1n) is 6.55. The molecule has 0 spiro atoms. The van der Waals surface area contributed by atoms with Crippen molar-refractivity contribution in [2.45, 2.75) is 13.0 Å². The quantitative estimate of drug-likeness (QED) is 0.868. The Morgan fingerprint density at radius 3 is 2.28 bits per heavy atom. The summed E-state index contributed by atoms with van der Waals surface area (Å²) in [5, 5.41) is 3.37. The maximum atomic E-state index is 13.8. The first kappa shape index (κ1) is 12.1. The van der Waals surface area contributed by atoms with Crippen LogP contribution in [-0.2, 0) is 0 Å². The Bertz CT molecular complexity index is 417. The number of hydrogen-bond donors (Lipinski definition) is 1. The Morgan fingerprint density at radius 1 is 1.17 bits per heavy atom. The van der Waals surface area contributed by atoms with Gasteiger partial charge in [0.15, 0.2) is 0 Å². The van der Waals surface area contributed by atoms with E-state index in [9.17, 15) is 8.78 Å². The van der Waals surface area contributed by atoms with E-state index in [1.807, 2.05) is 6.92 Å². The van der Waals surface area contributed by atoms with E-state index in [0.717, 1.165) is 26.2 Å². The molecule has 2 saturated heterocycles. The minimum Gasteiger partial charge on any atom is -0.316 e. The second-order valence-corrected chi connectivity index (χ2v) is 5.44. The molecule has 1 aromatic carbocycles. The zero-order chi connectivity index (χ0) is 12.7. The Balaban J connectivity index is 1.81. The Hall–Kier alpha value is -1.00. The van der Waals surface area contributed by atoms with Crippen molar-refractivity contribution in [2.24, 2.45) is 11.8 Å². The summed E-state index contributed by atoms with van der Waals surface area (Å²) in [6, 6.07) is 3.92. The monoisotopic (exact) mass is 252 g/mol. The predicted octanol–water partition coefficient (Wildman–Crippen LogP) is 2.18. The molecule has 0 amide bonds. The lowest BCUT2D eigenvalue weighted by Crippen LogP contribution is -2.29. The molecule has 1 N–H and O–H groups in total. The van der Waals surface area contributed by atoms with Crippen LogP contribution in [0.2, 0.25) is 0 Å². The average molecular weight is 252 g/mol. The van der Waals surface area contributed by atoms with Crippen LogP contribution < -0.4 is 5.32 Å². The molecule has 18 heavy (non-hydrogen) atoms. The van der Waals surface area contributed by atoms with E-state index in [1.54, 1.807) is 0 Å². The van der Waals surface area contributed by atoms with Gasteiger partial charge in [0.25, 0.3) is 0 Å². The fourth-order valence-electron chi connectivity index (χ4n) is 3.30. The van der Waals surface area contributed by atoms with E-state index < -0.39 is 11.6 Å². The van der Waals surface area contributed by atoms with Crippen molar-refractivity contribution >= 4 is 0 Å². The van der Waals surface area contributed by atoms with Crippen LogP contribution in [0.25, 0.3) is 0 Å². The van der Waals surface area contributed by atoms with Crippen molar-refractivity contribution in [2.75, 3.05) is 26.2 Å². The summed E-state index contributed by atoms with van der Waals surface area (Å²) in [5.74, 6) is 0.417. The second-order valence-electron chi connectivity index (χ2n) is 5.44. The van der Waals surface area contributed by atoms with E-state index in [-0.39, 0.29) is 11.6 Å². The maximum absolute atomic E-state index is 13.8. The van der Waals surface area contributed by atoms with Gasteiger partial charge < -0.3 is 5.32 Å². The Morgan fingerprint density at radius 2 is 1.72 bits per heavy atom. The Labute approximate surface area is 106 Å². The highest BCUT2D eigenvalue weighted by atomic mass is 19.1. The van der Waals surface area contributed by atoms with Crippen molar-refractivity contribution in [1.82, 2.24) is 10.2 Å². The van der Waals surface area contributed by atoms with Crippen LogP contribution in [0.5, 0.6) is 0 Å². The SMILES string of the molecule is CC(c1c(F)cccc1F)N1C[C@H]2CNC[C@H]2C1. The van der Waals surface area contributed by atoms with E-state index >= 15 is 0 Å². The summed E-state index contributed by atoms with van der Waals surface area (Å²) in [4.78, 5) is 2.21. The molecule has 0 saturated carbocycles. The normalized spacial score (nSPS) is 29.5. The number of fused-ring (bicyclic) bond motifs is 1. The molecule has 2 fully saturated rings. The van der Waals surface area contributed by atoms with Crippen molar-refractivity contribution in [1.29, 1.82) is 0 Å². The van der Waals surface area contributed by atoms with Gasteiger partial charge in [-0.1, -0.05) is 6.07 Å². The van der Waals surface area contributed by atoms with Gasteiger partial charge in [-0.15, -0.1) is 0 Å². The third kappa shape index (κ3) is 1.93. The van der Waals surface area contributed by atoms with Crippen LogP contribution in [0.3, 0.4) is 0 Å². The van der Waals surface area contributed by atoms with Gasteiger partial charge >= 0.3 is 0 Å². The van der Waals surface area contributed by atoms with E-state index in [1.165, 1.54) is 18.2 Å². The number of hydrogen-bond acceptors (Lipinski definition) is 2. The van der Waals surface area contributed by atoms with Gasteiger partial charge in [-0.25, -0.2) is 8.78 Å². The fraction of sp³-hybridized carbons (Fsp3) is 0.571. The number of benzene rings is 1. The molecule has 0 bridgehead atoms. The topological polar surface area (TPSA) is 15.3 Å². The largest absolute Gasteiger partial charge is 0.316 e. The lowest BCUT2D eigenvalue weighted by molar-refractivity contribution is 0.234. The summed E-state index contributed by atoms with van der Waals surface area (Å²) in [6.45, 7) is 5.84. The van der Waals surface area contributed by atoms with Gasteiger partial charge in [-0.05, 0) is 44.0 Å². The molecule has 0 aromatic heterocycles. The van der Waals surface area contributed by atoms with Crippen molar-refractivity contribution < 1.29 is 8.78 Å². The van der Waals surface area contributed by atoms with Gasteiger partial charge in [-0.3, -0.25) is 4.90 Å². The van der Waals surface area contributed by atoms with E-state index in [4.69, 9.17) is 0 Å². The molecule has 98 valence electrons. The highest BCUT2D eigenvalue weighted by Crippen LogP contribution is 2.34. The van der Waals surface area contributed by atoms with Crippen LogP contribution in [-0.4, -0.2) is 31.1 Å². The van der Waals surface area contributed by atoms with Crippen LogP contribution >= 0.6 is 0 Å². The lowest BCUT2D eigenvalue weighted by Gasteiger charge is -2.26. The Kier molecular flexibility index (Phi) is 3.08. The first-order chi connectivity index (χ1) is 8.66. The molecule has 3 atom stereocenters.